The predicted molar refractivity (Wildman–Crippen MR) is 103 cm³/mol. The number of aromatic nitrogens is 3. The molecule has 1 aliphatic rings. The van der Waals surface area contributed by atoms with Crippen LogP contribution >= 0.6 is 0 Å². The zero-order valence-corrected chi connectivity index (χ0v) is 15.4. The van der Waals surface area contributed by atoms with Gasteiger partial charge in [-0.3, -0.25) is 4.79 Å². The number of hydrogen-bond donors (Lipinski definition) is 0. The summed E-state index contributed by atoms with van der Waals surface area (Å²) in [5, 5.41) is 9.26. The Labute approximate surface area is 161 Å². The number of rotatable bonds is 4. The van der Waals surface area contributed by atoms with Gasteiger partial charge in [-0.25, -0.2) is 0 Å². The topological polar surface area (TPSA) is 77.3 Å². The third-order valence-electron chi connectivity index (χ3n) is 5.19. The van der Waals surface area contributed by atoms with Crippen molar-refractivity contribution in [2.75, 3.05) is 13.1 Å². The van der Waals surface area contributed by atoms with Crippen LogP contribution in [0.5, 0.6) is 0 Å². The van der Waals surface area contributed by atoms with Crippen molar-refractivity contribution in [3.8, 4) is 23.1 Å². The average Bonchev–Trinajstić information content (AvgIpc) is 3.48. The lowest BCUT2D eigenvalue weighted by molar-refractivity contribution is -0.132. The van der Waals surface area contributed by atoms with Crippen LogP contribution in [0.2, 0.25) is 0 Å². The molecule has 0 radical (unpaired) electrons. The Morgan fingerprint density at radius 2 is 1.82 bits per heavy atom. The molecule has 4 aromatic rings. The van der Waals surface area contributed by atoms with Crippen LogP contribution in [0, 0.1) is 0 Å². The number of benzene rings is 1. The maximum atomic E-state index is 12.8. The van der Waals surface area contributed by atoms with Crippen LogP contribution in [-0.2, 0) is 11.3 Å². The molecule has 28 heavy (non-hydrogen) atoms. The van der Waals surface area contributed by atoms with Gasteiger partial charge in [-0.15, -0.1) is 10.2 Å². The molecule has 1 aromatic carbocycles. The summed E-state index contributed by atoms with van der Waals surface area (Å²) in [5.74, 6) is 1.42. The number of hydrogen-bond acceptors (Lipinski definition) is 5. The van der Waals surface area contributed by atoms with E-state index in [1.165, 1.54) is 6.42 Å². The molecule has 142 valence electrons. The highest BCUT2D eigenvalue weighted by Crippen LogP contribution is 2.31. The van der Waals surface area contributed by atoms with E-state index in [0.717, 1.165) is 42.4 Å². The van der Waals surface area contributed by atoms with Gasteiger partial charge in [-0.1, -0.05) is 18.2 Å². The lowest BCUT2D eigenvalue weighted by atomic mass is 10.1. The van der Waals surface area contributed by atoms with Gasteiger partial charge in [0.2, 0.25) is 11.8 Å². The van der Waals surface area contributed by atoms with Gasteiger partial charge in [0.05, 0.1) is 11.8 Å². The van der Waals surface area contributed by atoms with E-state index in [0.29, 0.717) is 24.1 Å². The Morgan fingerprint density at radius 3 is 2.64 bits per heavy atom. The third-order valence-corrected chi connectivity index (χ3v) is 5.19. The zero-order valence-electron chi connectivity index (χ0n) is 15.4. The normalized spacial score (nSPS) is 14.6. The van der Waals surface area contributed by atoms with Gasteiger partial charge < -0.3 is 18.3 Å². The minimum Gasteiger partial charge on any atom is -0.459 e. The first-order valence-electron chi connectivity index (χ1n) is 9.53. The van der Waals surface area contributed by atoms with Crippen LogP contribution in [0.15, 0.2) is 57.7 Å². The largest absolute Gasteiger partial charge is 0.459 e. The number of furan rings is 1. The number of nitrogens with zero attached hydrogens (tertiary/aromatic N) is 4. The van der Waals surface area contributed by atoms with Crippen LogP contribution < -0.4 is 0 Å². The van der Waals surface area contributed by atoms with Crippen molar-refractivity contribution in [2.24, 2.45) is 0 Å². The summed E-state index contributed by atoms with van der Waals surface area (Å²) in [6, 6.07) is 11.5. The van der Waals surface area contributed by atoms with Gasteiger partial charge in [0.15, 0.2) is 5.76 Å². The number of para-hydroxylation sites is 1. The van der Waals surface area contributed by atoms with E-state index in [9.17, 15) is 4.79 Å². The van der Waals surface area contributed by atoms with Crippen LogP contribution in [0.4, 0.5) is 0 Å². The van der Waals surface area contributed by atoms with Crippen molar-refractivity contribution in [3.05, 3.63) is 48.9 Å². The monoisotopic (exact) mass is 376 g/mol. The number of carbonyl (C=O) groups excluding carboxylic acids is 1. The smallest absolute Gasteiger partial charge is 0.283 e. The summed E-state index contributed by atoms with van der Waals surface area (Å²) in [7, 11) is 0. The fraction of sp³-hybridized carbons (Fsp3) is 0.286. The summed E-state index contributed by atoms with van der Waals surface area (Å²) in [5.41, 5.74) is 1.79. The molecule has 0 atom stereocenters. The zero-order chi connectivity index (χ0) is 18.9. The highest BCUT2D eigenvalue weighted by molar-refractivity contribution is 5.95. The number of carbonyl (C=O) groups is 1. The van der Waals surface area contributed by atoms with Crippen molar-refractivity contribution in [3.63, 3.8) is 0 Å². The Balaban J connectivity index is 1.49. The number of fused-ring (bicyclic) bond motifs is 1. The maximum absolute atomic E-state index is 12.8. The quantitative estimate of drug-likeness (QED) is 0.539. The van der Waals surface area contributed by atoms with E-state index in [1.807, 2.05) is 39.9 Å². The Hall–Kier alpha value is -3.35. The molecule has 1 aliphatic heterocycles. The summed E-state index contributed by atoms with van der Waals surface area (Å²) in [6.07, 6.45) is 6.86. The third kappa shape index (κ3) is 2.98. The lowest BCUT2D eigenvalue weighted by Crippen LogP contribution is -2.37. The molecule has 0 spiro atoms. The summed E-state index contributed by atoms with van der Waals surface area (Å²) >= 11 is 0. The molecule has 0 bridgehead atoms. The van der Waals surface area contributed by atoms with Gasteiger partial charge in [0, 0.05) is 30.2 Å². The fourth-order valence-electron chi connectivity index (χ4n) is 3.77. The SMILES string of the molecule is O=C(Cn1cc(-c2nnc(-c3ccco3)o2)c2ccccc21)N1CCCCC1. The highest BCUT2D eigenvalue weighted by atomic mass is 16.4. The van der Waals surface area contributed by atoms with Crippen molar-refractivity contribution in [1.82, 2.24) is 19.7 Å². The Morgan fingerprint density at radius 1 is 1.00 bits per heavy atom. The summed E-state index contributed by atoms with van der Waals surface area (Å²) in [4.78, 5) is 14.7. The van der Waals surface area contributed by atoms with Crippen LogP contribution in [0.3, 0.4) is 0 Å². The molecule has 7 nitrogen and oxygen atoms in total. The van der Waals surface area contributed by atoms with Crippen molar-refractivity contribution in [1.29, 1.82) is 0 Å². The minimum atomic E-state index is 0.147. The van der Waals surface area contributed by atoms with E-state index in [-0.39, 0.29) is 5.91 Å². The molecule has 1 amide bonds. The van der Waals surface area contributed by atoms with Gasteiger partial charge in [0.25, 0.3) is 5.89 Å². The van der Waals surface area contributed by atoms with E-state index < -0.39 is 0 Å². The molecule has 5 rings (SSSR count). The molecular formula is C21H20N4O3. The molecule has 1 fully saturated rings. The van der Waals surface area contributed by atoms with Gasteiger partial charge in [0.1, 0.15) is 6.54 Å². The number of piperidine rings is 1. The predicted octanol–water partition coefficient (Wildman–Crippen LogP) is 3.96. The summed E-state index contributed by atoms with van der Waals surface area (Å²) < 4.78 is 13.1. The van der Waals surface area contributed by atoms with E-state index in [2.05, 4.69) is 10.2 Å². The Kier molecular flexibility index (Phi) is 4.20. The summed E-state index contributed by atoms with van der Waals surface area (Å²) in [6.45, 7) is 2.00. The first kappa shape index (κ1) is 16.8. The number of likely N-dealkylation sites (tertiary alicyclic amines) is 1. The van der Waals surface area contributed by atoms with Gasteiger partial charge in [-0.05, 0) is 37.5 Å². The van der Waals surface area contributed by atoms with Crippen LogP contribution in [-0.4, -0.2) is 38.7 Å². The molecule has 1 saturated heterocycles. The van der Waals surface area contributed by atoms with Gasteiger partial charge >= 0.3 is 0 Å². The molecule has 3 aromatic heterocycles. The van der Waals surface area contributed by atoms with E-state index in [4.69, 9.17) is 8.83 Å². The second-order valence-corrected chi connectivity index (χ2v) is 7.02. The van der Waals surface area contributed by atoms with Crippen molar-refractivity contribution >= 4 is 16.8 Å². The first-order chi connectivity index (χ1) is 13.8. The Bertz CT molecular complexity index is 1100. The standard InChI is InChI=1S/C21H20N4O3/c26-19(24-10-4-1-5-11-24)14-25-13-16(15-7-2-3-8-17(15)25)20-22-23-21(28-20)18-9-6-12-27-18/h2-3,6-9,12-13H,1,4-5,10-11,14H2. The van der Waals surface area contributed by atoms with Crippen LogP contribution in [0.25, 0.3) is 34.0 Å². The second kappa shape index (κ2) is 6.99. The molecule has 0 unspecified atom stereocenters. The van der Waals surface area contributed by atoms with Gasteiger partial charge in [-0.2, -0.15) is 0 Å². The van der Waals surface area contributed by atoms with Crippen molar-refractivity contribution < 1.29 is 13.6 Å². The number of amides is 1. The maximum Gasteiger partial charge on any atom is 0.283 e. The van der Waals surface area contributed by atoms with E-state index in [1.54, 1.807) is 18.4 Å². The highest BCUT2D eigenvalue weighted by Gasteiger charge is 2.21. The minimum absolute atomic E-state index is 0.147. The lowest BCUT2D eigenvalue weighted by Gasteiger charge is -2.27. The average molecular weight is 376 g/mol. The molecule has 0 saturated carbocycles. The molecule has 0 N–H and O–H groups in total. The second-order valence-electron chi connectivity index (χ2n) is 7.02. The van der Waals surface area contributed by atoms with Crippen LogP contribution in [0.1, 0.15) is 19.3 Å². The fourth-order valence-corrected chi connectivity index (χ4v) is 3.77. The van der Waals surface area contributed by atoms with Crippen molar-refractivity contribution in [2.45, 2.75) is 25.8 Å². The molecule has 4 heterocycles. The molecular weight excluding hydrogens is 356 g/mol. The first-order valence-corrected chi connectivity index (χ1v) is 9.53. The molecule has 0 aliphatic carbocycles. The van der Waals surface area contributed by atoms with E-state index >= 15 is 0 Å². The molecule has 7 heteroatoms.